The molecule has 0 radical (unpaired) electrons. The summed E-state index contributed by atoms with van der Waals surface area (Å²) in [6.07, 6.45) is 0.563. The Kier molecular flexibility index (Phi) is 3.70. The Morgan fingerprint density at radius 2 is 2.27 bits per heavy atom. The van der Waals surface area contributed by atoms with E-state index in [-0.39, 0.29) is 0 Å². The minimum absolute atomic E-state index is 0.349. The van der Waals surface area contributed by atoms with Gasteiger partial charge in [0.15, 0.2) is 0 Å². The number of carbonyl (C=O) groups excluding carboxylic acids is 1. The van der Waals surface area contributed by atoms with Gasteiger partial charge in [-0.1, -0.05) is 18.5 Å². The van der Waals surface area contributed by atoms with Crippen LogP contribution in [0.3, 0.4) is 0 Å². The number of nitriles is 1. The van der Waals surface area contributed by atoms with Crippen LogP contribution in [0.1, 0.15) is 28.4 Å². The van der Waals surface area contributed by atoms with E-state index in [4.69, 9.17) is 16.9 Å². The molecule has 0 aliphatic carbocycles. The van der Waals surface area contributed by atoms with E-state index in [2.05, 4.69) is 4.74 Å². The number of benzene rings is 1. The standard InChI is InChI=1S/C11H10ClNO2/c1-3-7-8(11(14)15-2)4-5-10(12)9(7)6-13/h4-5H,3H2,1-2H3. The smallest absolute Gasteiger partial charge is 0.338 e. The summed E-state index contributed by atoms with van der Waals surface area (Å²) in [5, 5.41) is 9.29. The highest BCUT2D eigenvalue weighted by atomic mass is 35.5. The van der Waals surface area contributed by atoms with Crippen LogP contribution in [-0.2, 0) is 11.2 Å². The molecule has 0 atom stereocenters. The van der Waals surface area contributed by atoms with Gasteiger partial charge in [0, 0.05) is 0 Å². The topological polar surface area (TPSA) is 50.1 Å². The quantitative estimate of drug-likeness (QED) is 0.724. The maximum absolute atomic E-state index is 11.4. The van der Waals surface area contributed by atoms with Gasteiger partial charge in [0.25, 0.3) is 0 Å². The SMILES string of the molecule is CCc1c(C(=O)OC)ccc(Cl)c1C#N. The van der Waals surface area contributed by atoms with Crippen LogP contribution in [0.15, 0.2) is 12.1 Å². The van der Waals surface area contributed by atoms with Crippen molar-refractivity contribution in [2.45, 2.75) is 13.3 Å². The van der Waals surface area contributed by atoms with Gasteiger partial charge in [-0.3, -0.25) is 0 Å². The third kappa shape index (κ3) is 2.11. The van der Waals surface area contributed by atoms with E-state index in [1.54, 1.807) is 6.07 Å². The molecule has 0 bridgehead atoms. The lowest BCUT2D eigenvalue weighted by Gasteiger charge is -2.08. The number of esters is 1. The summed E-state index contributed by atoms with van der Waals surface area (Å²) in [4.78, 5) is 11.4. The van der Waals surface area contributed by atoms with E-state index >= 15 is 0 Å². The van der Waals surface area contributed by atoms with Gasteiger partial charge in [0.2, 0.25) is 0 Å². The summed E-state index contributed by atoms with van der Waals surface area (Å²) >= 11 is 5.85. The van der Waals surface area contributed by atoms with Gasteiger partial charge in [-0.15, -0.1) is 0 Å². The molecule has 0 aliphatic heterocycles. The maximum atomic E-state index is 11.4. The summed E-state index contributed by atoms with van der Waals surface area (Å²) in [5.41, 5.74) is 1.39. The van der Waals surface area contributed by atoms with Crippen LogP contribution in [0.4, 0.5) is 0 Å². The van der Waals surface area contributed by atoms with Crippen molar-refractivity contribution in [1.82, 2.24) is 0 Å². The minimum atomic E-state index is -0.444. The lowest BCUT2D eigenvalue weighted by atomic mass is 9.99. The number of ether oxygens (including phenoxy) is 1. The van der Waals surface area contributed by atoms with Crippen LogP contribution in [0.2, 0.25) is 5.02 Å². The molecule has 4 heteroatoms. The summed E-state index contributed by atoms with van der Waals surface area (Å²) in [5.74, 6) is -0.444. The predicted molar refractivity (Wildman–Crippen MR) is 56.9 cm³/mol. The highest BCUT2D eigenvalue weighted by Crippen LogP contribution is 2.23. The van der Waals surface area contributed by atoms with Gasteiger partial charge in [-0.25, -0.2) is 4.79 Å². The number of carbonyl (C=O) groups is 1. The highest BCUT2D eigenvalue weighted by molar-refractivity contribution is 6.32. The first kappa shape index (κ1) is 11.5. The molecule has 78 valence electrons. The van der Waals surface area contributed by atoms with Crippen molar-refractivity contribution in [3.63, 3.8) is 0 Å². The van der Waals surface area contributed by atoms with Gasteiger partial charge in [0.05, 0.1) is 23.3 Å². The lowest BCUT2D eigenvalue weighted by Crippen LogP contribution is -2.07. The van der Waals surface area contributed by atoms with E-state index in [1.165, 1.54) is 13.2 Å². The molecule has 0 heterocycles. The normalized spacial score (nSPS) is 9.47. The van der Waals surface area contributed by atoms with Crippen molar-refractivity contribution in [2.75, 3.05) is 7.11 Å². The summed E-state index contributed by atoms with van der Waals surface area (Å²) in [6, 6.07) is 5.10. The van der Waals surface area contributed by atoms with Crippen molar-refractivity contribution in [2.24, 2.45) is 0 Å². The molecular formula is C11H10ClNO2. The Balaban J connectivity index is 3.43. The van der Waals surface area contributed by atoms with Gasteiger partial charge in [0.1, 0.15) is 6.07 Å². The highest BCUT2D eigenvalue weighted by Gasteiger charge is 2.16. The Morgan fingerprint density at radius 1 is 1.60 bits per heavy atom. The fraction of sp³-hybridized carbons (Fsp3) is 0.273. The number of rotatable bonds is 2. The largest absolute Gasteiger partial charge is 0.465 e. The van der Waals surface area contributed by atoms with E-state index in [1.807, 2.05) is 13.0 Å². The average Bonchev–Trinajstić information content (AvgIpc) is 2.27. The Bertz CT molecular complexity index is 435. The molecular weight excluding hydrogens is 214 g/mol. The monoisotopic (exact) mass is 223 g/mol. The first-order chi connectivity index (χ1) is 7.15. The van der Waals surface area contributed by atoms with Crippen LogP contribution in [-0.4, -0.2) is 13.1 Å². The second-order valence-electron chi connectivity index (χ2n) is 2.91. The summed E-state index contributed by atoms with van der Waals surface area (Å²) in [7, 11) is 1.31. The molecule has 3 nitrogen and oxygen atoms in total. The zero-order valence-corrected chi connectivity index (χ0v) is 9.26. The van der Waals surface area contributed by atoms with Crippen molar-refractivity contribution >= 4 is 17.6 Å². The Labute approximate surface area is 93.2 Å². The van der Waals surface area contributed by atoms with Crippen LogP contribution in [0.5, 0.6) is 0 Å². The molecule has 0 spiro atoms. The molecule has 1 aromatic carbocycles. The molecule has 15 heavy (non-hydrogen) atoms. The van der Waals surface area contributed by atoms with E-state index in [9.17, 15) is 4.79 Å². The molecule has 0 amide bonds. The second-order valence-corrected chi connectivity index (χ2v) is 3.31. The van der Waals surface area contributed by atoms with Crippen LogP contribution >= 0.6 is 11.6 Å². The Hall–Kier alpha value is -1.53. The number of hydrogen-bond donors (Lipinski definition) is 0. The Morgan fingerprint density at radius 3 is 2.73 bits per heavy atom. The van der Waals surface area contributed by atoms with Gasteiger partial charge < -0.3 is 4.74 Å². The average molecular weight is 224 g/mol. The predicted octanol–water partition coefficient (Wildman–Crippen LogP) is 2.56. The van der Waals surface area contributed by atoms with Crippen LogP contribution in [0, 0.1) is 11.3 Å². The molecule has 1 rings (SSSR count). The van der Waals surface area contributed by atoms with Gasteiger partial charge in [-0.05, 0) is 24.1 Å². The van der Waals surface area contributed by atoms with Crippen LogP contribution in [0.25, 0.3) is 0 Å². The summed E-state index contributed by atoms with van der Waals surface area (Å²) in [6.45, 7) is 1.86. The molecule has 0 saturated carbocycles. The molecule has 1 aromatic rings. The molecule has 0 saturated heterocycles. The molecule has 0 fully saturated rings. The number of hydrogen-bond acceptors (Lipinski definition) is 3. The van der Waals surface area contributed by atoms with Crippen molar-refractivity contribution < 1.29 is 9.53 Å². The first-order valence-corrected chi connectivity index (χ1v) is 4.83. The third-order valence-corrected chi connectivity index (χ3v) is 2.45. The van der Waals surface area contributed by atoms with Crippen LogP contribution < -0.4 is 0 Å². The molecule has 0 aliphatic rings. The van der Waals surface area contributed by atoms with E-state index in [0.29, 0.717) is 28.1 Å². The van der Waals surface area contributed by atoms with Gasteiger partial charge in [-0.2, -0.15) is 5.26 Å². The van der Waals surface area contributed by atoms with Gasteiger partial charge >= 0.3 is 5.97 Å². The zero-order chi connectivity index (χ0) is 11.4. The van der Waals surface area contributed by atoms with E-state index < -0.39 is 5.97 Å². The number of nitrogens with zero attached hydrogens (tertiary/aromatic N) is 1. The molecule has 0 aromatic heterocycles. The summed E-state index contributed by atoms with van der Waals surface area (Å²) < 4.78 is 4.63. The number of methoxy groups -OCH3 is 1. The van der Waals surface area contributed by atoms with Crippen molar-refractivity contribution in [1.29, 1.82) is 5.26 Å². The zero-order valence-electron chi connectivity index (χ0n) is 8.50. The maximum Gasteiger partial charge on any atom is 0.338 e. The molecule has 0 N–H and O–H groups in total. The van der Waals surface area contributed by atoms with Crippen molar-refractivity contribution in [3.8, 4) is 6.07 Å². The molecule has 0 unspecified atom stereocenters. The number of halogens is 1. The third-order valence-electron chi connectivity index (χ3n) is 2.13. The second kappa shape index (κ2) is 4.81. The fourth-order valence-electron chi connectivity index (χ4n) is 1.41. The first-order valence-electron chi connectivity index (χ1n) is 4.45. The minimum Gasteiger partial charge on any atom is -0.465 e. The fourth-order valence-corrected chi connectivity index (χ4v) is 1.63. The van der Waals surface area contributed by atoms with E-state index in [0.717, 1.165) is 0 Å². The van der Waals surface area contributed by atoms with Crippen molar-refractivity contribution in [3.05, 3.63) is 33.8 Å². The lowest BCUT2D eigenvalue weighted by molar-refractivity contribution is 0.0599.